The first-order chi connectivity index (χ1) is 11.2. The molecular weight excluding hydrogens is 348 g/mol. The highest BCUT2D eigenvalue weighted by atomic mass is 79.9. The van der Waals surface area contributed by atoms with E-state index in [-0.39, 0.29) is 0 Å². The van der Waals surface area contributed by atoms with Crippen LogP contribution in [0.1, 0.15) is 18.1 Å². The molecule has 0 saturated carbocycles. The van der Waals surface area contributed by atoms with E-state index in [1.807, 2.05) is 30.3 Å². The summed E-state index contributed by atoms with van der Waals surface area (Å²) in [5, 5.41) is 9.24. The Kier molecular flexibility index (Phi) is 3.38. The smallest absolute Gasteiger partial charge is 0.130 e. The summed E-state index contributed by atoms with van der Waals surface area (Å²) in [6.45, 7) is 2.14. The monoisotopic (exact) mass is 362 g/mol. The van der Waals surface area contributed by atoms with Crippen LogP contribution in [-0.4, -0.2) is 0 Å². The molecule has 4 rings (SSSR count). The number of azo groups is 1. The van der Waals surface area contributed by atoms with Gasteiger partial charge in [-0.05, 0) is 53.4 Å². The fourth-order valence-corrected chi connectivity index (χ4v) is 3.57. The Morgan fingerprint density at radius 3 is 2.30 bits per heavy atom. The van der Waals surface area contributed by atoms with Crippen LogP contribution in [-0.2, 0) is 5.54 Å². The molecule has 2 nitrogen and oxygen atoms in total. The van der Waals surface area contributed by atoms with E-state index in [1.165, 1.54) is 22.3 Å². The van der Waals surface area contributed by atoms with Crippen molar-refractivity contribution in [1.82, 2.24) is 0 Å². The first-order valence-corrected chi connectivity index (χ1v) is 8.36. The number of fused-ring (bicyclic) bond motifs is 3. The summed E-state index contributed by atoms with van der Waals surface area (Å²) in [4.78, 5) is 0. The highest BCUT2D eigenvalue weighted by Gasteiger charge is 2.39. The molecule has 0 fully saturated rings. The lowest BCUT2D eigenvalue weighted by molar-refractivity contribution is 0.588. The Morgan fingerprint density at radius 1 is 0.783 bits per heavy atom. The third-order valence-corrected chi connectivity index (χ3v) is 4.86. The number of hydrogen-bond acceptors (Lipinski definition) is 2. The molecule has 0 amide bonds. The summed E-state index contributed by atoms with van der Waals surface area (Å²) in [6.07, 6.45) is 0. The van der Waals surface area contributed by atoms with E-state index in [4.69, 9.17) is 5.11 Å². The molecule has 3 aromatic carbocycles. The van der Waals surface area contributed by atoms with Gasteiger partial charge in [0, 0.05) is 4.47 Å². The predicted molar refractivity (Wildman–Crippen MR) is 97.0 cm³/mol. The normalized spacial score (nSPS) is 18.9. The molecule has 1 aliphatic rings. The van der Waals surface area contributed by atoms with Crippen LogP contribution in [0, 0.1) is 0 Å². The molecular formula is C20H15BrN2. The topological polar surface area (TPSA) is 24.7 Å². The van der Waals surface area contributed by atoms with E-state index in [2.05, 4.69) is 70.4 Å². The van der Waals surface area contributed by atoms with Crippen LogP contribution < -0.4 is 0 Å². The van der Waals surface area contributed by atoms with Gasteiger partial charge in [0.2, 0.25) is 0 Å². The predicted octanol–water partition coefficient (Wildman–Crippen LogP) is 6.48. The molecule has 0 saturated heterocycles. The average molecular weight is 363 g/mol. The Balaban J connectivity index is 1.90. The Morgan fingerprint density at radius 2 is 1.48 bits per heavy atom. The lowest BCUT2D eigenvalue weighted by Crippen LogP contribution is -2.16. The van der Waals surface area contributed by atoms with Gasteiger partial charge in [-0.3, -0.25) is 0 Å². The van der Waals surface area contributed by atoms with Gasteiger partial charge in [-0.2, -0.15) is 10.2 Å². The third kappa shape index (κ3) is 2.32. The van der Waals surface area contributed by atoms with Gasteiger partial charge < -0.3 is 0 Å². The van der Waals surface area contributed by atoms with Crippen LogP contribution in [0.3, 0.4) is 0 Å². The van der Waals surface area contributed by atoms with Gasteiger partial charge in [0.1, 0.15) is 5.54 Å². The van der Waals surface area contributed by atoms with Crippen molar-refractivity contribution in [1.29, 1.82) is 0 Å². The van der Waals surface area contributed by atoms with Crippen molar-refractivity contribution < 1.29 is 0 Å². The standard InChI is InChI=1S/C20H15BrN2/c1-20(23-22-15-7-3-2-4-8-15)18-10-6-5-9-16(18)17-13-14(21)11-12-19(17)20/h2-13H,1H3. The lowest BCUT2D eigenvalue weighted by atomic mass is 9.91. The van der Waals surface area contributed by atoms with Gasteiger partial charge in [-0.15, -0.1) is 0 Å². The zero-order valence-corrected chi connectivity index (χ0v) is 14.3. The molecule has 0 heterocycles. The zero-order chi connectivity index (χ0) is 15.9. The summed E-state index contributed by atoms with van der Waals surface area (Å²) in [7, 11) is 0. The zero-order valence-electron chi connectivity index (χ0n) is 12.7. The number of benzene rings is 3. The molecule has 0 radical (unpaired) electrons. The SMILES string of the molecule is CC1(N=Nc2ccccc2)c2ccccc2-c2cc(Br)ccc21. The largest absolute Gasteiger partial charge is 0.172 e. The molecule has 0 bridgehead atoms. The summed E-state index contributed by atoms with van der Waals surface area (Å²) < 4.78 is 1.08. The van der Waals surface area contributed by atoms with Gasteiger partial charge >= 0.3 is 0 Å². The number of halogens is 1. The van der Waals surface area contributed by atoms with Crippen molar-refractivity contribution in [2.45, 2.75) is 12.5 Å². The minimum absolute atomic E-state index is 0.456. The fourth-order valence-electron chi connectivity index (χ4n) is 3.21. The molecule has 3 heteroatoms. The van der Waals surface area contributed by atoms with E-state index in [9.17, 15) is 0 Å². The number of nitrogens with zero attached hydrogens (tertiary/aromatic N) is 2. The Bertz CT molecular complexity index is 903. The van der Waals surface area contributed by atoms with Crippen molar-refractivity contribution in [3.05, 3.63) is 88.4 Å². The molecule has 0 spiro atoms. The van der Waals surface area contributed by atoms with E-state index in [0.29, 0.717) is 0 Å². The van der Waals surface area contributed by atoms with Crippen molar-refractivity contribution >= 4 is 21.6 Å². The molecule has 3 aromatic rings. The van der Waals surface area contributed by atoms with Crippen LogP contribution in [0.2, 0.25) is 0 Å². The van der Waals surface area contributed by atoms with Gasteiger partial charge in [0.15, 0.2) is 0 Å². The van der Waals surface area contributed by atoms with Gasteiger partial charge in [0.25, 0.3) is 0 Å². The van der Waals surface area contributed by atoms with Crippen molar-refractivity contribution in [3.63, 3.8) is 0 Å². The maximum Gasteiger partial charge on any atom is 0.130 e. The van der Waals surface area contributed by atoms with E-state index >= 15 is 0 Å². The molecule has 23 heavy (non-hydrogen) atoms. The van der Waals surface area contributed by atoms with Gasteiger partial charge in [-0.1, -0.05) is 64.5 Å². The van der Waals surface area contributed by atoms with Crippen LogP contribution in [0.25, 0.3) is 11.1 Å². The fraction of sp³-hybridized carbons (Fsp3) is 0.100. The molecule has 0 N–H and O–H groups in total. The average Bonchev–Trinajstić information content (AvgIpc) is 2.84. The molecule has 1 aliphatic carbocycles. The highest BCUT2D eigenvalue weighted by Crippen LogP contribution is 2.50. The number of hydrogen-bond donors (Lipinski definition) is 0. The summed E-state index contributed by atoms with van der Waals surface area (Å²) in [5.41, 5.74) is 5.27. The summed E-state index contributed by atoms with van der Waals surface area (Å²) in [6, 6.07) is 24.7. The minimum Gasteiger partial charge on any atom is -0.172 e. The van der Waals surface area contributed by atoms with Crippen LogP contribution in [0.5, 0.6) is 0 Å². The van der Waals surface area contributed by atoms with E-state index in [0.717, 1.165) is 10.2 Å². The third-order valence-electron chi connectivity index (χ3n) is 4.37. The quantitative estimate of drug-likeness (QED) is 0.466. The second kappa shape index (κ2) is 5.43. The molecule has 1 atom stereocenters. The van der Waals surface area contributed by atoms with Crippen molar-refractivity contribution in [2.24, 2.45) is 10.2 Å². The molecule has 112 valence electrons. The van der Waals surface area contributed by atoms with Crippen molar-refractivity contribution in [2.75, 3.05) is 0 Å². The first-order valence-electron chi connectivity index (χ1n) is 7.56. The minimum atomic E-state index is -0.456. The van der Waals surface area contributed by atoms with Crippen LogP contribution in [0.4, 0.5) is 5.69 Å². The Hall–Kier alpha value is -2.26. The summed E-state index contributed by atoms with van der Waals surface area (Å²) >= 11 is 3.58. The van der Waals surface area contributed by atoms with Crippen molar-refractivity contribution in [3.8, 4) is 11.1 Å². The maximum atomic E-state index is 4.75. The second-order valence-corrected chi connectivity index (χ2v) is 6.76. The Labute approximate surface area is 144 Å². The van der Waals surface area contributed by atoms with Crippen LogP contribution >= 0.6 is 15.9 Å². The lowest BCUT2D eigenvalue weighted by Gasteiger charge is -2.20. The van der Waals surface area contributed by atoms with E-state index < -0.39 is 5.54 Å². The molecule has 0 aromatic heterocycles. The first kappa shape index (κ1) is 14.3. The van der Waals surface area contributed by atoms with Gasteiger partial charge in [-0.25, -0.2) is 0 Å². The van der Waals surface area contributed by atoms with Crippen LogP contribution in [0.15, 0.2) is 87.5 Å². The number of rotatable bonds is 2. The molecule has 1 unspecified atom stereocenters. The second-order valence-electron chi connectivity index (χ2n) is 5.84. The maximum absolute atomic E-state index is 4.75. The molecule has 0 aliphatic heterocycles. The highest BCUT2D eigenvalue weighted by molar-refractivity contribution is 9.10. The summed E-state index contributed by atoms with van der Waals surface area (Å²) in [5.74, 6) is 0. The van der Waals surface area contributed by atoms with Gasteiger partial charge in [0.05, 0.1) is 5.69 Å². The van der Waals surface area contributed by atoms with E-state index in [1.54, 1.807) is 0 Å².